The summed E-state index contributed by atoms with van der Waals surface area (Å²) in [6, 6.07) is 11.1. The molecular formula is C28H35N5O4. The van der Waals surface area contributed by atoms with Crippen molar-refractivity contribution >= 4 is 11.8 Å². The molecule has 1 aliphatic rings. The number of fused-ring (bicyclic) bond motifs is 1. The van der Waals surface area contributed by atoms with Crippen molar-refractivity contribution in [1.82, 2.24) is 20.4 Å². The number of ether oxygens (including phenoxy) is 2. The van der Waals surface area contributed by atoms with E-state index in [0.29, 0.717) is 42.6 Å². The second-order valence-corrected chi connectivity index (χ2v) is 10.1. The van der Waals surface area contributed by atoms with Gasteiger partial charge in [0, 0.05) is 36.0 Å². The number of nitrogens with two attached hydrogens (primary N) is 1. The lowest BCUT2D eigenvalue weighted by atomic mass is 9.85. The molecule has 2 aromatic carbocycles. The summed E-state index contributed by atoms with van der Waals surface area (Å²) in [5.74, 6) is 0.353. The number of carbonyl (C=O) groups is 2. The molecule has 0 spiro atoms. The fourth-order valence-electron chi connectivity index (χ4n) is 4.31. The molecule has 2 amide bonds. The number of amides is 2. The normalized spacial score (nSPS) is 16.8. The predicted molar refractivity (Wildman–Crippen MR) is 141 cm³/mol. The number of primary amides is 1. The minimum Gasteiger partial charge on any atom is -0.492 e. The maximum absolute atomic E-state index is 12.6. The van der Waals surface area contributed by atoms with Crippen molar-refractivity contribution in [3.05, 3.63) is 65.5 Å². The van der Waals surface area contributed by atoms with E-state index in [4.69, 9.17) is 15.2 Å². The Morgan fingerprint density at radius 3 is 2.70 bits per heavy atom. The van der Waals surface area contributed by atoms with Crippen molar-refractivity contribution < 1.29 is 19.1 Å². The van der Waals surface area contributed by atoms with Crippen LogP contribution in [0.1, 0.15) is 41.4 Å². The Morgan fingerprint density at radius 1 is 1.22 bits per heavy atom. The van der Waals surface area contributed by atoms with Crippen molar-refractivity contribution in [2.24, 2.45) is 17.6 Å². The van der Waals surface area contributed by atoms with Gasteiger partial charge in [-0.15, -0.1) is 0 Å². The molecule has 4 N–H and O–H groups in total. The summed E-state index contributed by atoms with van der Waals surface area (Å²) in [5.41, 5.74) is 9.78. The number of rotatable bonds is 10. The molecule has 0 saturated carbocycles. The third-order valence-corrected chi connectivity index (χ3v) is 6.37. The SMILES string of the molecule is CC(C)CNC(=O)c1ccc2c(c1)CC(C(N)=O)C(c1ccc(-c3cn[nH]c3)cc1OCCN(C)C)O2. The number of nitrogens with zero attached hydrogens (tertiary/aromatic N) is 2. The highest BCUT2D eigenvalue weighted by Crippen LogP contribution is 2.43. The molecule has 0 saturated heterocycles. The minimum absolute atomic E-state index is 0.152. The summed E-state index contributed by atoms with van der Waals surface area (Å²) >= 11 is 0. The van der Waals surface area contributed by atoms with Crippen LogP contribution in [-0.2, 0) is 11.2 Å². The zero-order chi connectivity index (χ0) is 26.5. The molecule has 4 rings (SSSR count). The topological polar surface area (TPSA) is 123 Å². The van der Waals surface area contributed by atoms with Crippen molar-refractivity contribution in [2.75, 3.05) is 33.8 Å². The van der Waals surface area contributed by atoms with E-state index < -0.39 is 17.9 Å². The van der Waals surface area contributed by atoms with E-state index in [2.05, 4.69) is 15.5 Å². The Bertz CT molecular complexity index is 1240. The van der Waals surface area contributed by atoms with Crippen molar-refractivity contribution in [3.63, 3.8) is 0 Å². The first-order chi connectivity index (χ1) is 17.7. The average Bonchev–Trinajstić information content (AvgIpc) is 3.41. The minimum atomic E-state index is -0.627. The number of hydrogen-bond acceptors (Lipinski definition) is 6. The molecule has 0 fully saturated rings. The van der Waals surface area contributed by atoms with Gasteiger partial charge in [-0.1, -0.05) is 26.0 Å². The van der Waals surface area contributed by atoms with Crippen LogP contribution in [0.4, 0.5) is 0 Å². The van der Waals surface area contributed by atoms with Gasteiger partial charge in [0.05, 0.1) is 12.1 Å². The first-order valence-corrected chi connectivity index (χ1v) is 12.5. The van der Waals surface area contributed by atoms with Crippen LogP contribution in [0, 0.1) is 11.8 Å². The van der Waals surface area contributed by atoms with Gasteiger partial charge >= 0.3 is 0 Å². The Hall–Kier alpha value is -3.85. The Kier molecular flexibility index (Phi) is 8.13. The standard InChI is InChI=1S/C28H35N5O4/c1-17(2)14-30-28(35)19-6-8-24-20(11-19)12-23(27(29)34)26(37-24)22-7-5-18(21-15-31-32-16-21)13-25(22)36-10-9-33(3)4/h5-8,11,13,15-17,23,26H,9-10,12,14H2,1-4H3,(H2,29,34)(H,30,35)(H,31,32). The van der Waals surface area contributed by atoms with E-state index in [1.165, 1.54) is 0 Å². The monoisotopic (exact) mass is 505 g/mol. The number of aromatic nitrogens is 2. The van der Waals surface area contributed by atoms with Gasteiger partial charge < -0.3 is 25.4 Å². The smallest absolute Gasteiger partial charge is 0.251 e. The molecular weight excluding hydrogens is 470 g/mol. The van der Waals surface area contributed by atoms with E-state index >= 15 is 0 Å². The van der Waals surface area contributed by atoms with Crippen LogP contribution < -0.4 is 20.5 Å². The molecule has 37 heavy (non-hydrogen) atoms. The lowest BCUT2D eigenvalue weighted by molar-refractivity contribution is -0.125. The molecule has 0 aliphatic carbocycles. The van der Waals surface area contributed by atoms with Gasteiger partial charge in [0.25, 0.3) is 5.91 Å². The number of hydrogen-bond donors (Lipinski definition) is 3. The van der Waals surface area contributed by atoms with Crippen LogP contribution in [0.15, 0.2) is 48.8 Å². The molecule has 0 bridgehead atoms. The predicted octanol–water partition coefficient (Wildman–Crippen LogP) is 3.18. The quantitative estimate of drug-likeness (QED) is 0.389. The van der Waals surface area contributed by atoms with Crippen LogP contribution in [0.3, 0.4) is 0 Å². The molecule has 1 aliphatic heterocycles. The third kappa shape index (κ3) is 6.29. The van der Waals surface area contributed by atoms with Crippen LogP contribution in [0.2, 0.25) is 0 Å². The van der Waals surface area contributed by atoms with E-state index in [0.717, 1.165) is 28.8 Å². The maximum atomic E-state index is 12.6. The Morgan fingerprint density at radius 2 is 2.03 bits per heavy atom. The fourth-order valence-corrected chi connectivity index (χ4v) is 4.31. The number of aromatic amines is 1. The van der Waals surface area contributed by atoms with E-state index in [1.807, 2.05) is 57.2 Å². The van der Waals surface area contributed by atoms with E-state index in [-0.39, 0.29) is 5.91 Å². The molecule has 3 aromatic rings. The third-order valence-electron chi connectivity index (χ3n) is 6.37. The zero-order valence-corrected chi connectivity index (χ0v) is 21.8. The van der Waals surface area contributed by atoms with E-state index in [9.17, 15) is 9.59 Å². The molecule has 9 heteroatoms. The molecule has 2 unspecified atom stereocenters. The highest BCUT2D eigenvalue weighted by Gasteiger charge is 2.37. The molecule has 0 radical (unpaired) electrons. The molecule has 196 valence electrons. The van der Waals surface area contributed by atoms with Crippen LogP contribution in [-0.4, -0.2) is 60.7 Å². The highest BCUT2D eigenvalue weighted by molar-refractivity contribution is 5.94. The lowest BCUT2D eigenvalue weighted by Crippen LogP contribution is -2.36. The van der Waals surface area contributed by atoms with Crippen LogP contribution in [0.25, 0.3) is 11.1 Å². The first kappa shape index (κ1) is 26.2. The van der Waals surface area contributed by atoms with Crippen molar-refractivity contribution in [2.45, 2.75) is 26.4 Å². The van der Waals surface area contributed by atoms with Gasteiger partial charge in [0.2, 0.25) is 5.91 Å². The highest BCUT2D eigenvalue weighted by atomic mass is 16.5. The van der Waals surface area contributed by atoms with E-state index in [1.54, 1.807) is 24.4 Å². The van der Waals surface area contributed by atoms with Gasteiger partial charge in [0.1, 0.15) is 24.2 Å². The molecule has 9 nitrogen and oxygen atoms in total. The summed E-state index contributed by atoms with van der Waals surface area (Å²) in [4.78, 5) is 27.2. The largest absolute Gasteiger partial charge is 0.492 e. The van der Waals surface area contributed by atoms with Gasteiger partial charge in [-0.3, -0.25) is 14.7 Å². The summed E-state index contributed by atoms with van der Waals surface area (Å²) in [7, 11) is 3.96. The fraction of sp³-hybridized carbons (Fsp3) is 0.393. The molecule has 2 heterocycles. The molecule has 2 atom stereocenters. The van der Waals surface area contributed by atoms with Gasteiger partial charge in [-0.05, 0) is 61.8 Å². The second kappa shape index (κ2) is 11.5. The number of carbonyl (C=O) groups excluding carboxylic acids is 2. The lowest BCUT2D eigenvalue weighted by Gasteiger charge is -2.33. The average molecular weight is 506 g/mol. The summed E-state index contributed by atoms with van der Waals surface area (Å²) in [6.45, 7) is 5.86. The number of nitrogens with one attached hydrogen (secondary N) is 2. The van der Waals surface area contributed by atoms with Crippen LogP contribution in [0.5, 0.6) is 11.5 Å². The number of benzene rings is 2. The summed E-state index contributed by atoms with van der Waals surface area (Å²) in [5, 5.41) is 9.80. The summed E-state index contributed by atoms with van der Waals surface area (Å²) in [6.07, 6.45) is 3.29. The van der Waals surface area contributed by atoms with Gasteiger partial charge in [-0.25, -0.2) is 0 Å². The van der Waals surface area contributed by atoms with Crippen LogP contribution >= 0.6 is 0 Å². The van der Waals surface area contributed by atoms with Crippen molar-refractivity contribution in [3.8, 4) is 22.6 Å². The number of H-pyrrole nitrogens is 1. The number of likely N-dealkylation sites (N-methyl/N-ethyl adjacent to an activating group) is 1. The summed E-state index contributed by atoms with van der Waals surface area (Å²) < 4.78 is 12.6. The zero-order valence-electron chi connectivity index (χ0n) is 21.8. The van der Waals surface area contributed by atoms with Gasteiger partial charge in [0.15, 0.2) is 0 Å². The Labute approximate surface area is 217 Å². The van der Waals surface area contributed by atoms with Crippen molar-refractivity contribution in [1.29, 1.82) is 0 Å². The second-order valence-electron chi connectivity index (χ2n) is 10.1. The molecule has 1 aromatic heterocycles. The van der Waals surface area contributed by atoms with Gasteiger partial charge in [-0.2, -0.15) is 5.10 Å². The Balaban J connectivity index is 1.66. The maximum Gasteiger partial charge on any atom is 0.251 e. The first-order valence-electron chi connectivity index (χ1n) is 12.5.